The van der Waals surface area contributed by atoms with E-state index < -0.39 is 0 Å². The van der Waals surface area contributed by atoms with Gasteiger partial charge in [-0.15, -0.1) is 11.3 Å². The van der Waals surface area contributed by atoms with Gasteiger partial charge >= 0.3 is 0 Å². The molecule has 0 unspecified atom stereocenters. The first-order valence-corrected chi connectivity index (χ1v) is 5.88. The van der Waals surface area contributed by atoms with Crippen molar-refractivity contribution in [2.75, 3.05) is 13.1 Å². The molecule has 15 heavy (non-hydrogen) atoms. The molecule has 5 heteroatoms. The first-order chi connectivity index (χ1) is 7.26. The Balaban J connectivity index is 2.33. The van der Waals surface area contributed by atoms with E-state index in [0.717, 1.165) is 19.6 Å². The van der Waals surface area contributed by atoms with Crippen LogP contribution in [-0.2, 0) is 11.3 Å². The van der Waals surface area contributed by atoms with Crippen LogP contribution in [-0.4, -0.2) is 23.9 Å². The Morgan fingerprint density at radius 2 is 2.47 bits per heavy atom. The maximum Gasteiger partial charge on any atom is 0.235 e. The fraction of sp³-hybridized carbons (Fsp3) is 0.500. The van der Waals surface area contributed by atoms with Crippen LogP contribution in [0.4, 0.5) is 0 Å². The lowest BCUT2D eigenvalue weighted by molar-refractivity contribution is -0.121. The fourth-order valence-corrected chi connectivity index (χ4v) is 2.05. The van der Waals surface area contributed by atoms with Crippen LogP contribution in [0, 0.1) is 0 Å². The predicted octanol–water partition coefficient (Wildman–Crippen LogP) is 0.950. The Morgan fingerprint density at radius 3 is 3.00 bits per heavy atom. The summed E-state index contributed by atoms with van der Waals surface area (Å²) in [6, 6.07) is 4.15. The minimum absolute atomic E-state index is 0.111. The molecular formula is C10H17N3OS. The van der Waals surface area contributed by atoms with Gasteiger partial charge in [0.15, 0.2) is 0 Å². The molecule has 84 valence electrons. The lowest BCUT2D eigenvalue weighted by Crippen LogP contribution is -2.34. The molecule has 0 fully saturated rings. The number of nitrogens with two attached hydrogens (primary N) is 1. The molecule has 0 aliphatic carbocycles. The largest absolute Gasteiger partial charge is 0.298 e. The second-order valence-electron chi connectivity index (χ2n) is 3.27. The van der Waals surface area contributed by atoms with Crippen molar-refractivity contribution in [1.82, 2.24) is 10.3 Å². The van der Waals surface area contributed by atoms with Gasteiger partial charge < -0.3 is 0 Å². The highest BCUT2D eigenvalue weighted by Crippen LogP contribution is 2.11. The number of hydrogen-bond donors (Lipinski definition) is 2. The molecule has 1 rings (SSSR count). The second-order valence-corrected chi connectivity index (χ2v) is 4.30. The smallest absolute Gasteiger partial charge is 0.235 e. The van der Waals surface area contributed by atoms with Crippen LogP contribution in [0.5, 0.6) is 0 Å². The predicted molar refractivity (Wildman–Crippen MR) is 62.2 cm³/mol. The third-order valence-electron chi connectivity index (χ3n) is 2.22. The molecule has 1 aromatic heterocycles. The van der Waals surface area contributed by atoms with Gasteiger partial charge in [0, 0.05) is 24.4 Å². The molecule has 0 atom stereocenters. The van der Waals surface area contributed by atoms with E-state index in [4.69, 9.17) is 5.84 Å². The summed E-state index contributed by atoms with van der Waals surface area (Å²) in [6.45, 7) is 4.69. The number of hydrogen-bond acceptors (Lipinski definition) is 4. The van der Waals surface area contributed by atoms with Gasteiger partial charge in [0.25, 0.3) is 0 Å². The minimum Gasteiger partial charge on any atom is -0.298 e. The van der Waals surface area contributed by atoms with Crippen LogP contribution in [0.1, 0.15) is 18.2 Å². The molecule has 4 nitrogen and oxygen atoms in total. The fourth-order valence-electron chi connectivity index (χ4n) is 1.30. The summed E-state index contributed by atoms with van der Waals surface area (Å²) in [5.74, 6) is 4.91. The quantitative estimate of drug-likeness (QED) is 0.432. The van der Waals surface area contributed by atoms with E-state index in [9.17, 15) is 4.79 Å². The topological polar surface area (TPSA) is 58.4 Å². The maximum atomic E-state index is 11.0. The average Bonchev–Trinajstić information content (AvgIpc) is 2.76. The normalized spacial score (nSPS) is 10.6. The zero-order chi connectivity index (χ0) is 11.1. The van der Waals surface area contributed by atoms with E-state index in [1.54, 1.807) is 11.3 Å². The Bertz CT molecular complexity index is 287. The van der Waals surface area contributed by atoms with Gasteiger partial charge in [0.1, 0.15) is 0 Å². The van der Waals surface area contributed by atoms with Crippen LogP contribution in [0.3, 0.4) is 0 Å². The van der Waals surface area contributed by atoms with E-state index in [1.165, 1.54) is 4.88 Å². The standard InChI is InChI=1S/C10H17N3OS/c1-2-13(6-5-10(14)12-11)8-9-4-3-7-15-9/h3-4,7H,2,5-6,8,11H2,1H3,(H,12,14). The van der Waals surface area contributed by atoms with Crippen molar-refractivity contribution in [3.63, 3.8) is 0 Å². The molecule has 0 spiro atoms. The molecule has 1 aromatic rings. The summed E-state index contributed by atoms with van der Waals surface area (Å²) in [6.07, 6.45) is 0.454. The van der Waals surface area contributed by atoms with Crippen LogP contribution >= 0.6 is 11.3 Å². The third kappa shape index (κ3) is 4.42. The summed E-state index contributed by atoms with van der Waals surface area (Å²) in [5, 5.41) is 2.07. The van der Waals surface area contributed by atoms with Gasteiger partial charge in [-0.05, 0) is 18.0 Å². The highest BCUT2D eigenvalue weighted by molar-refractivity contribution is 7.09. The molecule has 1 amide bonds. The number of rotatable bonds is 6. The molecule has 1 heterocycles. The van der Waals surface area contributed by atoms with E-state index in [-0.39, 0.29) is 5.91 Å². The first-order valence-electron chi connectivity index (χ1n) is 5.00. The van der Waals surface area contributed by atoms with Crippen molar-refractivity contribution in [3.05, 3.63) is 22.4 Å². The number of nitrogens with one attached hydrogen (secondary N) is 1. The zero-order valence-corrected chi connectivity index (χ0v) is 9.72. The summed E-state index contributed by atoms with van der Waals surface area (Å²) in [4.78, 5) is 14.5. The lowest BCUT2D eigenvalue weighted by atomic mass is 10.3. The second kappa shape index (κ2) is 6.55. The van der Waals surface area contributed by atoms with E-state index in [1.807, 2.05) is 6.07 Å². The Labute approximate surface area is 94.0 Å². The van der Waals surface area contributed by atoms with Crippen LogP contribution in [0.15, 0.2) is 17.5 Å². The number of amides is 1. The third-order valence-corrected chi connectivity index (χ3v) is 3.08. The highest BCUT2D eigenvalue weighted by Gasteiger charge is 2.06. The van der Waals surface area contributed by atoms with Crippen molar-refractivity contribution >= 4 is 17.2 Å². The molecule has 0 aliphatic rings. The van der Waals surface area contributed by atoms with Crippen LogP contribution in [0.25, 0.3) is 0 Å². The highest BCUT2D eigenvalue weighted by atomic mass is 32.1. The molecule has 0 aromatic carbocycles. The summed E-state index contributed by atoms with van der Waals surface area (Å²) < 4.78 is 0. The molecule has 0 bridgehead atoms. The summed E-state index contributed by atoms with van der Waals surface area (Å²) in [5.41, 5.74) is 2.14. The van der Waals surface area contributed by atoms with Crippen molar-refractivity contribution in [1.29, 1.82) is 0 Å². The average molecular weight is 227 g/mol. The molecule has 0 aliphatic heterocycles. The number of nitrogens with zero attached hydrogens (tertiary/aromatic N) is 1. The molecule has 0 radical (unpaired) electrons. The van der Waals surface area contributed by atoms with E-state index in [2.05, 4.69) is 28.7 Å². The number of thiophene rings is 1. The van der Waals surface area contributed by atoms with Crippen molar-refractivity contribution in [3.8, 4) is 0 Å². The van der Waals surface area contributed by atoms with Crippen LogP contribution < -0.4 is 11.3 Å². The number of carbonyl (C=O) groups excluding carboxylic acids is 1. The van der Waals surface area contributed by atoms with Gasteiger partial charge in [-0.1, -0.05) is 13.0 Å². The maximum absolute atomic E-state index is 11.0. The van der Waals surface area contributed by atoms with Gasteiger partial charge in [-0.25, -0.2) is 5.84 Å². The van der Waals surface area contributed by atoms with E-state index >= 15 is 0 Å². The SMILES string of the molecule is CCN(CCC(=O)NN)Cc1cccs1. The van der Waals surface area contributed by atoms with Crippen molar-refractivity contribution < 1.29 is 4.79 Å². The Morgan fingerprint density at radius 1 is 1.67 bits per heavy atom. The van der Waals surface area contributed by atoms with Gasteiger partial charge in [0.05, 0.1) is 0 Å². The number of hydrazine groups is 1. The molecule has 3 N–H and O–H groups in total. The number of carbonyl (C=O) groups is 1. The zero-order valence-electron chi connectivity index (χ0n) is 8.90. The van der Waals surface area contributed by atoms with Crippen molar-refractivity contribution in [2.45, 2.75) is 19.9 Å². The Kier molecular flexibility index (Phi) is 5.31. The van der Waals surface area contributed by atoms with Crippen LogP contribution in [0.2, 0.25) is 0 Å². The van der Waals surface area contributed by atoms with Gasteiger partial charge in [0.2, 0.25) is 5.91 Å². The van der Waals surface area contributed by atoms with Gasteiger partial charge in [-0.2, -0.15) is 0 Å². The molecular weight excluding hydrogens is 210 g/mol. The summed E-state index contributed by atoms with van der Waals surface area (Å²) in [7, 11) is 0. The minimum atomic E-state index is -0.111. The first kappa shape index (κ1) is 12.2. The van der Waals surface area contributed by atoms with Gasteiger partial charge in [-0.3, -0.25) is 15.1 Å². The lowest BCUT2D eigenvalue weighted by Gasteiger charge is -2.18. The Hall–Kier alpha value is -0.910. The molecule has 0 saturated carbocycles. The monoisotopic (exact) mass is 227 g/mol. The molecule has 0 saturated heterocycles. The van der Waals surface area contributed by atoms with Crippen molar-refractivity contribution in [2.24, 2.45) is 5.84 Å². The summed E-state index contributed by atoms with van der Waals surface area (Å²) >= 11 is 1.74. The van der Waals surface area contributed by atoms with E-state index in [0.29, 0.717) is 6.42 Å².